The molecule has 1 amide bonds. The van der Waals surface area contributed by atoms with Gasteiger partial charge >= 0.3 is 0 Å². The minimum atomic E-state index is -0.867. The lowest BCUT2D eigenvalue weighted by Gasteiger charge is -2.44. The van der Waals surface area contributed by atoms with Gasteiger partial charge in [-0.1, -0.05) is 24.2 Å². The van der Waals surface area contributed by atoms with Crippen molar-refractivity contribution in [1.29, 1.82) is 0 Å². The maximum atomic E-state index is 16.3. The van der Waals surface area contributed by atoms with Gasteiger partial charge in [-0.05, 0) is 44.2 Å². The van der Waals surface area contributed by atoms with Crippen LogP contribution in [0.15, 0.2) is 49.2 Å². The molecule has 2 aromatic carbocycles. The van der Waals surface area contributed by atoms with Crippen molar-refractivity contribution in [3.63, 3.8) is 0 Å². The standard InChI is InChI=1S/C28H27ClF2N6O2/c1-5-23(39)36-13-16(3)37(14-15(36)2)28-18-12-19(29)24(25-20(30)7-6-8-21(25)38)26(31)27(18)33-22(34-28)11-17-9-10-32-35(17)4/h5-10,12,15-16,38H,1,11,13-14H2,2-4H3/t15-,16+/m1/s1. The van der Waals surface area contributed by atoms with Crippen molar-refractivity contribution in [2.75, 3.05) is 18.0 Å². The third kappa shape index (κ3) is 4.69. The molecule has 1 N–H and O–H groups in total. The Morgan fingerprint density at radius 1 is 1.18 bits per heavy atom. The van der Waals surface area contributed by atoms with Crippen LogP contribution >= 0.6 is 11.6 Å². The highest BCUT2D eigenvalue weighted by molar-refractivity contribution is 6.34. The molecule has 39 heavy (non-hydrogen) atoms. The summed E-state index contributed by atoms with van der Waals surface area (Å²) in [6.07, 6.45) is 3.21. The fraction of sp³-hybridized carbons (Fsp3) is 0.286. The molecule has 5 rings (SSSR count). The van der Waals surface area contributed by atoms with Gasteiger partial charge in [0.15, 0.2) is 5.82 Å². The van der Waals surface area contributed by atoms with Crippen molar-refractivity contribution in [2.45, 2.75) is 32.4 Å². The SMILES string of the molecule is C=CC(=O)N1C[C@H](C)N(c2nc(Cc3ccnn3C)nc3c(F)c(-c4c(O)cccc4F)c(Cl)cc23)C[C@H]1C. The number of hydrogen-bond acceptors (Lipinski definition) is 6. The van der Waals surface area contributed by atoms with Crippen molar-refractivity contribution in [1.82, 2.24) is 24.6 Å². The number of halogens is 3. The zero-order chi connectivity index (χ0) is 28.0. The van der Waals surface area contributed by atoms with Gasteiger partial charge in [0, 0.05) is 61.5 Å². The molecule has 1 aliphatic rings. The van der Waals surface area contributed by atoms with Crippen LogP contribution in [0.3, 0.4) is 0 Å². The van der Waals surface area contributed by atoms with Crippen molar-refractivity contribution < 1.29 is 18.7 Å². The lowest BCUT2D eigenvalue weighted by Crippen LogP contribution is -2.58. The number of amides is 1. The van der Waals surface area contributed by atoms with E-state index in [2.05, 4.69) is 16.7 Å². The summed E-state index contributed by atoms with van der Waals surface area (Å²) < 4.78 is 32.8. The van der Waals surface area contributed by atoms with Gasteiger partial charge in [0.05, 0.1) is 10.6 Å². The zero-order valence-electron chi connectivity index (χ0n) is 21.7. The van der Waals surface area contributed by atoms with Crippen LogP contribution in [0.4, 0.5) is 14.6 Å². The third-order valence-electron chi connectivity index (χ3n) is 7.13. The number of rotatable bonds is 5. The lowest BCUT2D eigenvalue weighted by atomic mass is 10.00. The van der Waals surface area contributed by atoms with E-state index in [-0.39, 0.29) is 46.1 Å². The van der Waals surface area contributed by atoms with Crippen molar-refractivity contribution in [2.24, 2.45) is 7.05 Å². The summed E-state index contributed by atoms with van der Waals surface area (Å²) in [6.45, 7) is 8.31. The maximum Gasteiger partial charge on any atom is 0.246 e. The largest absolute Gasteiger partial charge is 0.507 e. The molecule has 3 heterocycles. The molecule has 0 bridgehead atoms. The first kappa shape index (κ1) is 26.6. The van der Waals surface area contributed by atoms with Gasteiger partial charge in [-0.2, -0.15) is 5.10 Å². The Balaban J connectivity index is 1.72. The number of phenolic OH excluding ortho intramolecular Hbond substituents is 1. The Morgan fingerprint density at radius 3 is 2.62 bits per heavy atom. The van der Waals surface area contributed by atoms with Crippen LogP contribution in [0, 0.1) is 11.6 Å². The quantitative estimate of drug-likeness (QED) is 0.355. The lowest BCUT2D eigenvalue weighted by molar-refractivity contribution is -0.128. The summed E-state index contributed by atoms with van der Waals surface area (Å²) >= 11 is 6.55. The second-order valence-electron chi connectivity index (χ2n) is 9.71. The minimum absolute atomic E-state index is 0.0522. The molecule has 0 radical (unpaired) electrons. The number of phenols is 1. The molecule has 4 aromatic rings. The van der Waals surface area contributed by atoms with E-state index in [0.29, 0.717) is 30.1 Å². The molecule has 1 fully saturated rings. The number of hydrogen-bond donors (Lipinski definition) is 1. The van der Waals surface area contributed by atoms with E-state index in [1.54, 1.807) is 22.8 Å². The van der Waals surface area contributed by atoms with Gasteiger partial charge in [0.25, 0.3) is 0 Å². The average molecular weight is 553 g/mol. The molecule has 0 spiro atoms. The van der Waals surface area contributed by atoms with E-state index in [1.807, 2.05) is 24.8 Å². The Kier molecular flexibility index (Phi) is 6.98. The molecule has 0 aliphatic carbocycles. The van der Waals surface area contributed by atoms with Crippen LogP contribution in [-0.2, 0) is 18.3 Å². The molecule has 11 heteroatoms. The van der Waals surface area contributed by atoms with Crippen molar-refractivity contribution in [3.05, 3.63) is 77.4 Å². The highest BCUT2D eigenvalue weighted by atomic mass is 35.5. The fourth-order valence-electron chi connectivity index (χ4n) is 5.10. The summed E-state index contributed by atoms with van der Waals surface area (Å²) in [5, 5.41) is 14.8. The summed E-state index contributed by atoms with van der Waals surface area (Å²) in [7, 11) is 1.79. The number of carbonyl (C=O) groups excluding carboxylic acids is 1. The number of carbonyl (C=O) groups is 1. The average Bonchev–Trinajstić information content (AvgIpc) is 3.30. The number of fused-ring (bicyclic) bond motifs is 1. The molecule has 1 saturated heterocycles. The topological polar surface area (TPSA) is 87.4 Å². The number of nitrogens with zero attached hydrogens (tertiary/aromatic N) is 6. The summed E-state index contributed by atoms with van der Waals surface area (Å²) in [4.78, 5) is 25.5. The molecular weight excluding hydrogens is 526 g/mol. The van der Waals surface area contributed by atoms with E-state index >= 15 is 4.39 Å². The molecule has 0 unspecified atom stereocenters. The molecule has 2 aromatic heterocycles. The fourth-order valence-corrected chi connectivity index (χ4v) is 5.38. The predicted molar refractivity (Wildman–Crippen MR) is 146 cm³/mol. The highest BCUT2D eigenvalue weighted by Gasteiger charge is 2.34. The summed E-state index contributed by atoms with van der Waals surface area (Å²) in [5.41, 5.74) is 0.139. The first-order valence-electron chi connectivity index (χ1n) is 12.4. The van der Waals surface area contributed by atoms with Crippen molar-refractivity contribution in [3.8, 4) is 16.9 Å². The van der Waals surface area contributed by atoms with Gasteiger partial charge in [-0.3, -0.25) is 9.48 Å². The smallest absolute Gasteiger partial charge is 0.246 e. The van der Waals surface area contributed by atoms with Gasteiger partial charge in [0.2, 0.25) is 5.91 Å². The highest BCUT2D eigenvalue weighted by Crippen LogP contribution is 2.42. The second-order valence-corrected chi connectivity index (χ2v) is 10.1. The Hall–Kier alpha value is -4.05. The summed E-state index contributed by atoms with van der Waals surface area (Å²) in [6, 6.07) is 6.69. The minimum Gasteiger partial charge on any atom is -0.507 e. The van der Waals surface area contributed by atoms with Crippen molar-refractivity contribution >= 4 is 34.2 Å². The Bertz CT molecular complexity index is 1590. The van der Waals surface area contributed by atoms with Crippen LogP contribution in [0.5, 0.6) is 5.75 Å². The van der Waals surface area contributed by atoms with Crippen LogP contribution < -0.4 is 4.90 Å². The van der Waals surface area contributed by atoms with Gasteiger partial charge in [-0.15, -0.1) is 0 Å². The molecule has 202 valence electrons. The third-order valence-corrected chi connectivity index (χ3v) is 7.43. The van der Waals surface area contributed by atoms with E-state index in [9.17, 15) is 14.3 Å². The number of aromatic nitrogens is 4. The van der Waals surface area contributed by atoms with E-state index in [1.165, 1.54) is 24.3 Å². The first-order valence-corrected chi connectivity index (χ1v) is 12.8. The molecule has 0 saturated carbocycles. The van der Waals surface area contributed by atoms with Gasteiger partial charge < -0.3 is 14.9 Å². The number of aromatic hydroxyl groups is 1. The van der Waals surface area contributed by atoms with E-state index in [4.69, 9.17) is 16.6 Å². The van der Waals surface area contributed by atoms with E-state index < -0.39 is 17.4 Å². The molecule has 2 atom stereocenters. The van der Waals surface area contributed by atoms with Crippen LogP contribution in [0.2, 0.25) is 5.02 Å². The van der Waals surface area contributed by atoms with E-state index in [0.717, 1.165) is 11.8 Å². The van der Waals surface area contributed by atoms with Gasteiger partial charge in [-0.25, -0.2) is 18.7 Å². The second kappa shape index (κ2) is 10.3. The Morgan fingerprint density at radius 2 is 1.95 bits per heavy atom. The number of piperazine rings is 1. The van der Waals surface area contributed by atoms with Gasteiger partial charge in [0.1, 0.15) is 28.7 Å². The zero-order valence-corrected chi connectivity index (χ0v) is 22.5. The predicted octanol–water partition coefficient (Wildman–Crippen LogP) is 4.87. The molecule has 8 nitrogen and oxygen atoms in total. The Labute approximate surface area is 229 Å². The summed E-state index contributed by atoms with van der Waals surface area (Å²) in [5.74, 6) is -1.51. The monoisotopic (exact) mass is 552 g/mol. The number of anilines is 1. The van der Waals surface area contributed by atoms with Crippen LogP contribution in [0.1, 0.15) is 25.4 Å². The maximum absolute atomic E-state index is 16.3. The normalized spacial score (nSPS) is 17.6. The van der Waals surface area contributed by atoms with Crippen LogP contribution in [-0.4, -0.2) is 60.8 Å². The number of aryl methyl sites for hydroxylation is 1. The first-order chi connectivity index (χ1) is 18.6. The molecule has 1 aliphatic heterocycles. The van der Waals surface area contributed by atoms with Crippen LogP contribution in [0.25, 0.3) is 22.0 Å². The molecular formula is C28H27ClF2N6O2. The number of benzene rings is 2.